The number of hydrogen-bond acceptors (Lipinski definition) is 4. The molecule has 2 N–H and O–H groups in total. The summed E-state index contributed by atoms with van der Waals surface area (Å²) in [4.78, 5) is 28.4. The van der Waals surface area contributed by atoms with Gasteiger partial charge in [-0.2, -0.15) is 0 Å². The van der Waals surface area contributed by atoms with Gasteiger partial charge in [0.1, 0.15) is 11.2 Å². The van der Waals surface area contributed by atoms with E-state index in [2.05, 4.69) is 15.6 Å². The fourth-order valence-electron chi connectivity index (χ4n) is 1.78. The number of fused-ring (bicyclic) bond motifs is 1. The molecule has 6 heteroatoms. The van der Waals surface area contributed by atoms with Crippen molar-refractivity contribution in [2.75, 3.05) is 13.6 Å². The number of nitrogens with zero attached hydrogens (tertiary/aromatic N) is 2. The molecule has 0 radical (unpaired) electrons. The quantitative estimate of drug-likeness (QED) is 0.843. The standard InChI is InChI=1S/C14H18N4O2/c1-9-4-5-12-16-7-11(14(20)18(12)8-9)13(19)17-6-10(2)15-3/h4-5,7-8,10,15H,6H2,1-3H3,(H,17,19). The minimum absolute atomic E-state index is 0.0522. The van der Waals surface area contributed by atoms with Crippen LogP contribution >= 0.6 is 0 Å². The summed E-state index contributed by atoms with van der Waals surface area (Å²) in [5, 5.41) is 5.72. The van der Waals surface area contributed by atoms with Gasteiger partial charge in [-0.3, -0.25) is 14.0 Å². The highest BCUT2D eigenvalue weighted by Crippen LogP contribution is 2.01. The average Bonchev–Trinajstić information content (AvgIpc) is 2.45. The summed E-state index contributed by atoms with van der Waals surface area (Å²) in [6.45, 7) is 4.27. The van der Waals surface area contributed by atoms with Crippen LogP contribution in [0.3, 0.4) is 0 Å². The Hall–Kier alpha value is -2.21. The summed E-state index contributed by atoms with van der Waals surface area (Å²) < 4.78 is 1.39. The molecule has 0 aliphatic heterocycles. The van der Waals surface area contributed by atoms with Gasteiger partial charge in [-0.05, 0) is 32.5 Å². The van der Waals surface area contributed by atoms with Crippen molar-refractivity contribution in [3.05, 3.63) is 46.0 Å². The van der Waals surface area contributed by atoms with Gasteiger partial charge in [0, 0.05) is 25.0 Å². The van der Waals surface area contributed by atoms with Gasteiger partial charge < -0.3 is 10.6 Å². The average molecular weight is 274 g/mol. The molecule has 106 valence electrons. The second-order valence-corrected chi connectivity index (χ2v) is 4.81. The lowest BCUT2D eigenvalue weighted by atomic mass is 10.2. The van der Waals surface area contributed by atoms with Gasteiger partial charge in [0.25, 0.3) is 11.5 Å². The minimum atomic E-state index is -0.402. The molecule has 20 heavy (non-hydrogen) atoms. The van der Waals surface area contributed by atoms with Crippen LogP contribution < -0.4 is 16.2 Å². The van der Waals surface area contributed by atoms with Crippen molar-refractivity contribution in [2.24, 2.45) is 0 Å². The Bertz CT molecular complexity index is 693. The predicted octanol–water partition coefficient (Wildman–Crippen LogP) is 0.341. The second-order valence-electron chi connectivity index (χ2n) is 4.81. The molecule has 2 heterocycles. The van der Waals surface area contributed by atoms with Gasteiger partial charge >= 0.3 is 0 Å². The number of hydrogen-bond donors (Lipinski definition) is 2. The Labute approximate surface area is 116 Å². The maximum atomic E-state index is 12.3. The molecular formula is C14H18N4O2. The Morgan fingerprint density at radius 1 is 1.45 bits per heavy atom. The smallest absolute Gasteiger partial charge is 0.270 e. The molecule has 1 unspecified atom stereocenters. The molecule has 2 rings (SSSR count). The third kappa shape index (κ3) is 2.85. The molecule has 0 saturated heterocycles. The summed E-state index contributed by atoms with van der Waals surface area (Å²) in [6, 6.07) is 3.76. The highest BCUT2D eigenvalue weighted by Gasteiger charge is 2.13. The van der Waals surface area contributed by atoms with E-state index in [-0.39, 0.29) is 17.2 Å². The van der Waals surface area contributed by atoms with Gasteiger partial charge in [0.2, 0.25) is 0 Å². The zero-order valence-corrected chi connectivity index (χ0v) is 11.8. The molecule has 6 nitrogen and oxygen atoms in total. The monoisotopic (exact) mass is 274 g/mol. The van der Waals surface area contributed by atoms with Crippen molar-refractivity contribution in [1.82, 2.24) is 20.0 Å². The summed E-state index contributed by atoms with van der Waals surface area (Å²) in [6.07, 6.45) is 3.00. The fraction of sp³-hybridized carbons (Fsp3) is 0.357. The van der Waals surface area contributed by atoms with Crippen molar-refractivity contribution in [3.63, 3.8) is 0 Å². The number of aryl methyl sites for hydroxylation is 1. The van der Waals surface area contributed by atoms with Crippen LogP contribution in [-0.2, 0) is 0 Å². The molecule has 2 aromatic rings. The van der Waals surface area contributed by atoms with Crippen molar-refractivity contribution in [1.29, 1.82) is 0 Å². The molecule has 0 fully saturated rings. The van der Waals surface area contributed by atoms with Gasteiger partial charge in [0.05, 0.1) is 0 Å². The third-order valence-corrected chi connectivity index (χ3v) is 3.16. The molecule has 0 aliphatic carbocycles. The van der Waals surface area contributed by atoms with Crippen molar-refractivity contribution >= 4 is 11.6 Å². The molecule has 0 aliphatic rings. The van der Waals surface area contributed by atoms with Crippen LogP contribution in [-0.4, -0.2) is 34.9 Å². The SMILES string of the molecule is CNC(C)CNC(=O)c1cnc2ccc(C)cn2c1=O. The zero-order chi connectivity index (χ0) is 14.7. The number of nitrogens with one attached hydrogen (secondary N) is 2. The van der Waals surface area contributed by atoms with E-state index in [4.69, 9.17) is 0 Å². The minimum Gasteiger partial charge on any atom is -0.350 e. The first-order valence-corrected chi connectivity index (χ1v) is 6.46. The van der Waals surface area contributed by atoms with Gasteiger partial charge in [-0.1, -0.05) is 6.07 Å². The van der Waals surface area contributed by atoms with Gasteiger partial charge in [-0.25, -0.2) is 4.98 Å². The Balaban J connectivity index is 2.33. The van der Waals surface area contributed by atoms with Crippen molar-refractivity contribution in [3.8, 4) is 0 Å². The molecule has 1 atom stereocenters. The van der Waals surface area contributed by atoms with Crippen LogP contribution in [0.15, 0.2) is 29.3 Å². The molecule has 2 aromatic heterocycles. The number of pyridine rings is 1. The molecule has 0 bridgehead atoms. The molecular weight excluding hydrogens is 256 g/mol. The Morgan fingerprint density at radius 2 is 2.20 bits per heavy atom. The van der Waals surface area contributed by atoms with E-state index in [9.17, 15) is 9.59 Å². The topological polar surface area (TPSA) is 75.5 Å². The van der Waals surface area contributed by atoms with Gasteiger partial charge in [0.15, 0.2) is 0 Å². The van der Waals surface area contributed by atoms with E-state index in [1.807, 2.05) is 27.0 Å². The fourth-order valence-corrected chi connectivity index (χ4v) is 1.78. The van der Waals surface area contributed by atoms with E-state index in [1.165, 1.54) is 10.6 Å². The maximum Gasteiger partial charge on any atom is 0.270 e. The highest BCUT2D eigenvalue weighted by molar-refractivity contribution is 5.93. The molecule has 0 aromatic carbocycles. The summed E-state index contributed by atoms with van der Waals surface area (Å²) >= 11 is 0. The lowest BCUT2D eigenvalue weighted by Crippen LogP contribution is -2.39. The first-order valence-electron chi connectivity index (χ1n) is 6.46. The number of carbonyl (C=O) groups is 1. The van der Waals surface area contributed by atoms with Gasteiger partial charge in [-0.15, -0.1) is 0 Å². The number of likely N-dealkylation sites (N-methyl/N-ethyl adjacent to an activating group) is 1. The lowest BCUT2D eigenvalue weighted by Gasteiger charge is -2.11. The normalized spacial score (nSPS) is 12.3. The van der Waals surface area contributed by atoms with Crippen LogP contribution in [0, 0.1) is 6.92 Å². The van der Waals surface area contributed by atoms with Crippen molar-refractivity contribution in [2.45, 2.75) is 19.9 Å². The number of rotatable bonds is 4. The van der Waals surface area contributed by atoms with Crippen LogP contribution in [0.5, 0.6) is 0 Å². The first kappa shape index (κ1) is 14.2. The van der Waals surface area contributed by atoms with E-state index in [0.29, 0.717) is 12.2 Å². The Morgan fingerprint density at radius 3 is 2.90 bits per heavy atom. The lowest BCUT2D eigenvalue weighted by molar-refractivity contribution is 0.0948. The number of aromatic nitrogens is 2. The molecule has 0 spiro atoms. The highest BCUT2D eigenvalue weighted by atomic mass is 16.2. The maximum absolute atomic E-state index is 12.3. The summed E-state index contributed by atoms with van der Waals surface area (Å²) in [5.41, 5.74) is 1.16. The van der Waals surface area contributed by atoms with E-state index in [1.54, 1.807) is 12.3 Å². The van der Waals surface area contributed by atoms with Crippen molar-refractivity contribution < 1.29 is 4.79 Å². The van der Waals surface area contributed by atoms with Crippen LogP contribution in [0.2, 0.25) is 0 Å². The Kier molecular flexibility index (Phi) is 4.14. The van der Waals surface area contributed by atoms with Crippen LogP contribution in [0.25, 0.3) is 5.65 Å². The molecule has 0 saturated carbocycles. The summed E-state index contributed by atoms with van der Waals surface area (Å²) in [7, 11) is 1.81. The molecule has 1 amide bonds. The van der Waals surface area contributed by atoms with E-state index < -0.39 is 5.91 Å². The van der Waals surface area contributed by atoms with E-state index in [0.717, 1.165) is 5.56 Å². The predicted molar refractivity (Wildman–Crippen MR) is 77.1 cm³/mol. The zero-order valence-electron chi connectivity index (χ0n) is 11.8. The first-order chi connectivity index (χ1) is 9.52. The third-order valence-electron chi connectivity index (χ3n) is 3.16. The van der Waals surface area contributed by atoms with E-state index >= 15 is 0 Å². The van der Waals surface area contributed by atoms with Crippen LogP contribution in [0.4, 0.5) is 0 Å². The second kappa shape index (κ2) is 5.83. The van der Waals surface area contributed by atoms with Crippen LogP contribution in [0.1, 0.15) is 22.8 Å². The number of carbonyl (C=O) groups excluding carboxylic acids is 1. The number of amides is 1. The summed E-state index contributed by atoms with van der Waals surface area (Å²) in [5.74, 6) is -0.402. The largest absolute Gasteiger partial charge is 0.350 e.